The zero-order valence-corrected chi connectivity index (χ0v) is 13.3. The van der Waals surface area contributed by atoms with Crippen molar-refractivity contribution in [3.05, 3.63) is 33.4 Å². The van der Waals surface area contributed by atoms with E-state index in [1.54, 1.807) is 6.20 Å². The Balaban J connectivity index is 1.99. The molecule has 0 radical (unpaired) electrons. The van der Waals surface area contributed by atoms with E-state index in [0.717, 1.165) is 5.01 Å². The highest BCUT2D eigenvalue weighted by Crippen LogP contribution is 2.28. The second kappa shape index (κ2) is 6.15. The second-order valence-corrected chi connectivity index (χ2v) is 6.26. The van der Waals surface area contributed by atoms with E-state index >= 15 is 0 Å². The first kappa shape index (κ1) is 15.1. The van der Waals surface area contributed by atoms with Crippen molar-refractivity contribution in [2.45, 2.75) is 25.9 Å². The lowest BCUT2D eigenvalue weighted by molar-refractivity contribution is 0.602. The fourth-order valence-electron chi connectivity index (χ4n) is 2.17. The Labute approximate surface area is 134 Å². The van der Waals surface area contributed by atoms with Gasteiger partial charge >= 0.3 is 0 Å². The fourth-order valence-corrected chi connectivity index (χ4v) is 2.90. The molecular formula is C13H14ClFN6S. The predicted octanol–water partition coefficient (Wildman–Crippen LogP) is 2.71. The monoisotopic (exact) mass is 340 g/mol. The standard InChI is InChI=1S/C13H14ClFN6S/c1-6(16)4-7-10(15)9-11(18-5-8-17-2-3-22-8)20-13(14)21-12(9)19-7/h2-3,6H,4-5,16H2,1H3,(H2,18,19,20,21)/t6-/m0/s1. The predicted molar refractivity (Wildman–Crippen MR) is 85.7 cm³/mol. The number of nitrogens with two attached hydrogens (primary N) is 1. The van der Waals surface area contributed by atoms with Crippen LogP contribution in [0, 0.1) is 5.82 Å². The van der Waals surface area contributed by atoms with E-state index in [1.807, 2.05) is 12.3 Å². The molecule has 0 saturated carbocycles. The number of aromatic nitrogens is 4. The van der Waals surface area contributed by atoms with Gasteiger partial charge in [0.2, 0.25) is 5.28 Å². The Kier molecular flexibility index (Phi) is 4.23. The van der Waals surface area contributed by atoms with Crippen LogP contribution in [0.4, 0.5) is 10.2 Å². The Morgan fingerprint density at radius 3 is 3.00 bits per heavy atom. The number of rotatable bonds is 5. The number of halogens is 2. The van der Waals surface area contributed by atoms with Gasteiger partial charge < -0.3 is 16.0 Å². The van der Waals surface area contributed by atoms with Gasteiger partial charge in [-0.05, 0) is 18.5 Å². The van der Waals surface area contributed by atoms with Crippen LogP contribution >= 0.6 is 22.9 Å². The van der Waals surface area contributed by atoms with E-state index in [0.29, 0.717) is 30.1 Å². The SMILES string of the molecule is C[C@H](N)Cc1[nH]c2nc(Cl)nc(NCc3nccs3)c2c1F. The van der Waals surface area contributed by atoms with Crippen molar-refractivity contribution in [1.82, 2.24) is 19.9 Å². The van der Waals surface area contributed by atoms with Crippen LogP contribution in [-0.2, 0) is 13.0 Å². The lowest BCUT2D eigenvalue weighted by atomic mass is 10.2. The summed E-state index contributed by atoms with van der Waals surface area (Å²) in [5.74, 6) is -0.0551. The summed E-state index contributed by atoms with van der Waals surface area (Å²) in [6, 6.07) is -0.169. The molecule has 0 aliphatic rings. The van der Waals surface area contributed by atoms with Crippen LogP contribution in [0.1, 0.15) is 17.6 Å². The minimum atomic E-state index is -0.398. The van der Waals surface area contributed by atoms with Gasteiger partial charge in [0.1, 0.15) is 16.5 Å². The number of nitrogens with one attached hydrogen (secondary N) is 2. The van der Waals surface area contributed by atoms with Gasteiger partial charge in [0.15, 0.2) is 5.82 Å². The molecule has 1 atom stereocenters. The third-order valence-corrected chi connectivity index (χ3v) is 4.00. The molecule has 0 spiro atoms. The van der Waals surface area contributed by atoms with Crippen LogP contribution in [0.15, 0.2) is 11.6 Å². The van der Waals surface area contributed by atoms with E-state index < -0.39 is 5.82 Å². The van der Waals surface area contributed by atoms with Crippen molar-refractivity contribution >= 4 is 39.8 Å². The molecule has 0 saturated heterocycles. The van der Waals surface area contributed by atoms with Crippen LogP contribution < -0.4 is 11.1 Å². The van der Waals surface area contributed by atoms with E-state index in [1.165, 1.54) is 11.3 Å². The molecule has 0 fully saturated rings. The van der Waals surface area contributed by atoms with Crippen molar-refractivity contribution in [3.8, 4) is 0 Å². The zero-order valence-electron chi connectivity index (χ0n) is 11.7. The molecule has 3 aromatic heterocycles. The number of H-pyrrole nitrogens is 1. The van der Waals surface area contributed by atoms with Crippen molar-refractivity contribution < 1.29 is 4.39 Å². The highest BCUT2D eigenvalue weighted by Gasteiger charge is 2.19. The number of aromatic amines is 1. The van der Waals surface area contributed by atoms with Crippen molar-refractivity contribution in [3.63, 3.8) is 0 Å². The maximum absolute atomic E-state index is 14.6. The highest BCUT2D eigenvalue weighted by molar-refractivity contribution is 7.09. The zero-order chi connectivity index (χ0) is 15.7. The summed E-state index contributed by atoms with van der Waals surface area (Å²) in [4.78, 5) is 15.2. The Hall–Kier alpha value is -1.77. The maximum atomic E-state index is 14.6. The number of nitrogens with zero attached hydrogens (tertiary/aromatic N) is 3. The lowest BCUT2D eigenvalue weighted by Gasteiger charge is -2.05. The van der Waals surface area contributed by atoms with Crippen LogP contribution in [0.5, 0.6) is 0 Å². The average molecular weight is 341 g/mol. The molecule has 6 nitrogen and oxygen atoms in total. The number of fused-ring (bicyclic) bond motifs is 1. The van der Waals surface area contributed by atoms with E-state index in [4.69, 9.17) is 17.3 Å². The normalized spacial score (nSPS) is 12.7. The molecule has 0 aromatic carbocycles. The molecule has 0 aliphatic carbocycles. The first-order chi connectivity index (χ1) is 10.5. The molecule has 0 unspecified atom stereocenters. The third-order valence-electron chi connectivity index (χ3n) is 3.05. The van der Waals surface area contributed by atoms with Crippen LogP contribution in [0.2, 0.25) is 5.28 Å². The van der Waals surface area contributed by atoms with Gasteiger partial charge in [-0.25, -0.2) is 9.37 Å². The summed E-state index contributed by atoms with van der Waals surface area (Å²) in [5.41, 5.74) is 6.49. The van der Waals surface area contributed by atoms with Gasteiger partial charge in [-0.2, -0.15) is 9.97 Å². The molecule has 0 bridgehead atoms. The molecule has 4 N–H and O–H groups in total. The molecular weight excluding hydrogens is 327 g/mol. The fraction of sp³-hybridized carbons (Fsp3) is 0.308. The summed E-state index contributed by atoms with van der Waals surface area (Å²) in [6.45, 7) is 2.25. The number of hydrogen-bond acceptors (Lipinski definition) is 6. The van der Waals surface area contributed by atoms with Crippen molar-refractivity contribution in [2.24, 2.45) is 5.73 Å². The smallest absolute Gasteiger partial charge is 0.226 e. The molecule has 9 heteroatoms. The van der Waals surface area contributed by atoms with Crippen molar-refractivity contribution in [2.75, 3.05) is 5.32 Å². The number of anilines is 1. The first-order valence-corrected chi connectivity index (χ1v) is 7.91. The van der Waals surface area contributed by atoms with Gasteiger partial charge in [0.25, 0.3) is 0 Å². The minimum absolute atomic E-state index is 0.0442. The Morgan fingerprint density at radius 1 is 1.50 bits per heavy atom. The van der Waals surface area contributed by atoms with E-state index in [9.17, 15) is 4.39 Å². The topological polar surface area (TPSA) is 92.5 Å². The van der Waals surface area contributed by atoms with Crippen LogP contribution in [0.25, 0.3) is 11.0 Å². The summed E-state index contributed by atoms with van der Waals surface area (Å²) < 4.78 is 14.6. The Bertz CT molecular complexity index is 786. The van der Waals surface area contributed by atoms with Crippen molar-refractivity contribution in [1.29, 1.82) is 0 Å². The lowest BCUT2D eigenvalue weighted by Crippen LogP contribution is -2.18. The molecule has 3 aromatic rings. The van der Waals surface area contributed by atoms with Gasteiger partial charge in [0.05, 0.1) is 17.6 Å². The summed E-state index contributed by atoms with van der Waals surface area (Å²) in [6.07, 6.45) is 2.09. The Morgan fingerprint density at radius 2 is 2.32 bits per heavy atom. The average Bonchev–Trinajstić information content (AvgIpc) is 3.05. The molecule has 0 amide bonds. The second-order valence-electron chi connectivity index (χ2n) is 4.94. The minimum Gasteiger partial charge on any atom is -0.363 e. The molecule has 3 heterocycles. The quantitative estimate of drug-likeness (QED) is 0.621. The van der Waals surface area contributed by atoms with Gasteiger partial charge in [0, 0.05) is 24.0 Å². The first-order valence-electron chi connectivity index (χ1n) is 6.66. The maximum Gasteiger partial charge on any atom is 0.226 e. The van der Waals surface area contributed by atoms with Crippen LogP contribution in [0.3, 0.4) is 0 Å². The molecule has 3 rings (SSSR count). The van der Waals surface area contributed by atoms with E-state index in [-0.39, 0.29) is 16.7 Å². The van der Waals surface area contributed by atoms with Gasteiger partial charge in [-0.3, -0.25) is 0 Å². The highest BCUT2D eigenvalue weighted by atomic mass is 35.5. The van der Waals surface area contributed by atoms with Gasteiger partial charge in [-0.1, -0.05) is 0 Å². The summed E-state index contributed by atoms with van der Waals surface area (Å²) >= 11 is 7.41. The molecule has 22 heavy (non-hydrogen) atoms. The molecule has 116 valence electrons. The van der Waals surface area contributed by atoms with Crippen LogP contribution in [-0.4, -0.2) is 26.0 Å². The summed E-state index contributed by atoms with van der Waals surface area (Å²) in [7, 11) is 0. The third kappa shape index (κ3) is 3.03. The number of thiazole rings is 1. The van der Waals surface area contributed by atoms with E-state index in [2.05, 4.69) is 25.3 Å². The number of hydrogen-bond donors (Lipinski definition) is 3. The largest absolute Gasteiger partial charge is 0.363 e. The van der Waals surface area contributed by atoms with Gasteiger partial charge in [-0.15, -0.1) is 11.3 Å². The summed E-state index contributed by atoms with van der Waals surface area (Å²) in [5, 5.41) is 6.13. The molecule has 0 aliphatic heterocycles.